The van der Waals surface area contributed by atoms with Crippen molar-refractivity contribution in [2.75, 3.05) is 0 Å². The molecule has 0 spiro atoms. The second-order valence-electron chi connectivity index (χ2n) is 4.35. The Bertz CT molecular complexity index is 480. The van der Waals surface area contributed by atoms with Gasteiger partial charge in [0.15, 0.2) is 0 Å². The minimum absolute atomic E-state index is 0.147. The molecule has 2 heterocycles. The van der Waals surface area contributed by atoms with Crippen LogP contribution in [0.15, 0.2) is 24.8 Å². The Morgan fingerprint density at radius 1 is 1.22 bits per heavy atom. The maximum absolute atomic E-state index is 4.39. The molecule has 2 aromatic heterocycles. The van der Waals surface area contributed by atoms with E-state index in [9.17, 15) is 0 Å². The minimum Gasteiger partial charge on any atom is -0.347 e. The van der Waals surface area contributed by atoms with E-state index >= 15 is 0 Å². The molecule has 0 radical (unpaired) electrons. The summed E-state index contributed by atoms with van der Waals surface area (Å²) in [6, 6.07) is 0.352. The summed E-state index contributed by atoms with van der Waals surface area (Å²) in [5, 5.41) is 3.53. The molecule has 2 atom stereocenters. The Kier molecular flexibility index (Phi) is 4.04. The van der Waals surface area contributed by atoms with Crippen LogP contribution in [0.2, 0.25) is 0 Å². The van der Waals surface area contributed by atoms with Gasteiger partial charge in [-0.1, -0.05) is 6.92 Å². The van der Waals surface area contributed by atoms with E-state index in [4.69, 9.17) is 0 Å². The fraction of sp³-hybridized carbons (Fsp3) is 0.462. The van der Waals surface area contributed by atoms with Crippen LogP contribution in [0.1, 0.15) is 49.6 Å². The molecular weight excluding hydrogens is 226 g/mol. The van der Waals surface area contributed by atoms with Crippen molar-refractivity contribution in [3.63, 3.8) is 0 Å². The highest BCUT2D eigenvalue weighted by Gasteiger charge is 2.17. The molecule has 0 aliphatic carbocycles. The first-order valence-corrected chi connectivity index (χ1v) is 6.25. The number of hydrogen-bond acceptors (Lipinski definition) is 4. The molecule has 0 saturated carbocycles. The van der Waals surface area contributed by atoms with E-state index in [0.29, 0.717) is 0 Å². The summed E-state index contributed by atoms with van der Waals surface area (Å²) in [6.07, 6.45) is 8.04. The third-order valence-electron chi connectivity index (χ3n) is 3.04. The van der Waals surface area contributed by atoms with Gasteiger partial charge in [0.1, 0.15) is 5.82 Å². The summed E-state index contributed by atoms with van der Waals surface area (Å²) in [4.78, 5) is 16.1. The number of imidazole rings is 1. The van der Waals surface area contributed by atoms with Gasteiger partial charge in [0, 0.05) is 30.8 Å². The van der Waals surface area contributed by atoms with E-state index in [2.05, 4.69) is 39.1 Å². The zero-order valence-electron chi connectivity index (χ0n) is 11.0. The summed E-state index contributed by atoms with van der Waals surface area (Å²) in [7, 11) is 0. The van der Waals surface area contributed by atoms with E-state index < -0.39 is 0 Å². The van der Waals surface area contributed by atoms with E-state index in [-0.39, 0.29) is 12.1 Å². The van der Waals surface area contributed by atoms with Crippen LogP contribution in [0.4, 0.5) is 0 Å². The molecule has 2 N–H and O–H groups in total. The monoisotopic (exact) mass is 245 g/mol. The second kappa shape index (κ2) is 5.73. The molecule has 0 bridgehead atoms. The molecule has 0 fully saturated rings. The minimum atomic E-state index is 0.147. The van der Waals surface area contributed by atoms with Crippen molar-refractivity contribution in [3.8, 4) is 0 Å². The summed E-state index contributed by atoms with van der Waals surface area (Å²) in [6.45, 7) is 6.22. The quantitative estimate of drug-likeness (QED) is 0.848. The fourth-order valence-electron chi connectivity index (χ4n) is 2.08. The topological polar surface area (TPSA) is 66.5 Å². The summed E-state index contributed by atoms with van der Waals surface area (Å²) in [5.41, 5.74) is 1.95. The van der Waals surface area contributed by atoms with Crippen LogP contribution in [0.3, 0.4) is 0 Å². The Labute approximate surface area is 107 Å². The van der Waals surface area contributed by atoms with Crippen molar-refractivity contribution in [2.45, 2.75) is 39.3 Å². The molecule has 0 saturated heterocycles. The Balaban J connectivity index is 2.11. The first kappa shape index (κ1) is 12.7. The Morgan fingerprint density at radius 2 is 2.00 bits per heavy atom. The Hall–Kier alpha value is -1.75. The predicted molar refractivity (Wildman–Crippen MR) is 69.9 cm³/mol. The maximum atomic E-state index is 4.39. The van der Waals surface area contributed by atoms with E-state index in [1.165, 1.54) is 0 Å². The van der Waals surface area contributed by atoms with Crippen molar-refractivity contribution < 1.29 is 0 Å². The van der Waals surface area contributed by atoms with Crippen LogP contribution in [0, 0.1) is 6.92 Å². The number of rotatable bonds is 5. The standard InChI is InChI=1S/C13H19N5/c1-4-11(13-16-7-8-17-13)18-10(3)12-9(2)14-5-6-15-12/h5-8,10-11,18H,4H2,1-3H3,(H,16,17). The van der Waals surface area contributed by atoms with E-state index in [1.807, 2.05) is 13.1 Å². The van der Waals surface area contributed by atoms with Crippen LogP contribution < -0.4 is 5.32 Å². The molecule has 0 amide bonds. The normalized spacial score (nSPS) is 14.4. The van der Waals surface area contributed by atoms with Crippen LogP contribution in [-0.2, 0) is 0 Å². The average molecular weight is 245 g/mol. The molecule has 96 valence electrons. The SMILES string of the molecule is CCC(NC(C)c1nccnc1C)c1ncc[nH]1. The summed E-state index contributed by atoms with van der Waals surface area (Å²) < 4.78 is 0. The number of nitrogens with one attached hydrogen (secondary N) is 2. The molecular formula is C13H19N5. The highest BCUT2D eigenvalue weighted by molar-refractivity contribution is 5.13. The third kappa shape index (κ3) is 2.73. The van der Waals surface area contributed by atoms with E-state index in [1.54, 1.807) is 18.6 Å². The van der Waals surface area contributed by atoms with Crippen molar-refractivity contribution >= 4 is 0 Å². The zero-order valence-corrected chi connectivity index (χ0v) is 11.0. The lowest BCUT2D eigenvalue weighted by Gasteiger charge is -2.21. The first-order chi connectivity index (χ1) is 8.72. The smallest absolute Gasteiger partial charge is 0.123 e. The van der Waals surface area contributed by atoms with Crippen molar-refractivity contribution in [1.82, 2.24) is 25.3 Å². The number of nitrogens with zero attached hydrogens (tertiary/aromatic N) is 3. The lowest BCUT2D eigenvalue weighted by molar-refractivity contribution is 0.433. The third-order valence-corrected chi connectivity index (χ3v) is 3.04. The highest BCUT2D eigenvalue weighted by Crippen LogP contribution is 2.19. The van der Waals surface area contributed by atoms with Gasteiger partial charge in [-0.25, -0.2) is 4.98 Å². The van der Waals surface area contributed by atoms with Gasteiger partial charge in [-0.05, 0) is 20.3 Å². The molecule has 18 heavy (non-hydrogen) atoms. The van der Waals surface area contributed by atoms with Gasteiger partial charge in [0.2, 0.25) is 0 Å². The average Bonchev–Trinajstić information content (AvgIpc) is 2.90. The maximum Gasteiger partial charge on any atom is 0.123 e. The fourth-order valence-corrected chi connectivity index (χ4v) is 2.08. The number of H-pyrrole nitrogens is 1. The van der Waals surface area contributed by atoms with Gasteiger partial charge in [0.25, 0.3) is 0 Å². The van der Waals surface area contributed by atoms with Crippen molar-refractivity contribution in [1.29, 1.82) is 0 Å². The Morgan fingerprint density at radius 3 is 2.61 bits per heavy atom. The molecule has 2 rings (SSSR count). The van der Waals surface area contributed by atoms with Crippen molar-refractivity contribution in [2.24, 2.45) is 0 Å². The number of hydrogen-bond donors (Lipinski definition) is 2. The number of aryl methyl sites for hydroxylation is 1. The first-order valence-electron chi connectivity index (χ1n) is 6.25. The number of aromatic nitrogens is 4. The zero-order chi connectivity index (χ0) is 13.0. The van der Waals surface area contributed by atoms with Crippen molar-refractivity contribution in [3.05, 3.63) is 42.0 Å². The molecule has 0 aliphatic heterocycles. The predicted octanol–water partition coefficient (Wildman–Crippen LogP) is 2.31. The van der Waals surface area contributed by atoms with Gasteiger partial charge < -0.3 is 4.98 Å². The molecule has 0 aromatic carbocycles. The van der Waals surface area contributed by atoms with Crippen LogP contribution in [0.25, 0.3) is 0 Å². The van der Waals surface area contributed by atoms with Crippen LogP contribution in [0.5, 0.6) is 0 Å². The second-order valence-corrected chi connectivity index (χ2v) is 4.35. The van der Waals surface area contributed by atoms with Gasteiger partial charge in [-0.2, -0.15) is 0 Å². The highest BCUT2D eigenvalue weighted by atomic mass is 15.0. The molecule has 0 aliphatic rings. The van der Waals surface area contributed by atoms with Crippen LogP contribution in [-0.4, -0.2) is 19.9 Å². The molecule has 5 nitrogen and oxygen atoms in total. The summed E-state index contributed by atoms with van der Waals surface area (Å²) >= 11 is 0. The molecule has 5 heteroatoms. The summed E-state index contributed by atoms with van der Waals surface area (Å²) in [5.74, 6) is 0.964. The lowest BCUT2D eigenvalue weighted by atomic mass is 10.1. The van der Waals surface area contributed by atoms with E-state index in [0.717, 1.165) is 23.6 Å². The van der Waals surface area contributed by atoms with Crippen LogP contribution >= 0.6 is 0 Å². The molecule has 2 aromatic rings. The lowest BCUT2D eigenvalue weighted by Crippen LogP contribution is -2.26. The van der Waals surface area contributed by atoms with Gasteiger partial charge >= 0.3 is 0 Å². The van der Waals surface area contributed by atoms with Gasteiger partial charge in [-0.15, -0.1) is 0 Å². The number of aromatic amines is 1. The largest absolute Gasteiger partial charge is 0.347 e. The van der Waals surface area contributed by atoms with Gasteiger partial charge in [-0.3, -0.25) is 15.3 Å². The molecule has 2 unspecified atom stereocenters. The van der Waals surface area contributed by atoms with Gasteiger partial charge in [0.05, 0.1) is 17.4 Å².